The first-order valence-electron chi connectivity index (χ1n) is 14.7. The number of piperazine rings is 1. The quantitative estimate of drug-likeness (QED) is 0.281. The van der Waals surface area contributed by atoms with E-state index in [0.717, 1.165) is 63.5 Å². The average Bonchev–Trinajstić information content (AvgIpc) is 2.99. The minimum absolute atomic E-state index is 0.134. The molecule has 0 radical (unpaired) electrons. The molecule has 5 rings (SSSR count). The molecule has 43 heavy (non-hydrogen) atoms. The number of para-hydroxylation sites is 1. The second kappa shape index (κ2) is 13.8. The van der Waals surface area contributed by atoms with Crippen molar-refractivity contribution in [3.8, 4) is 5.75 Å². The first-order chi connectivity index (χ1) is 20.6. The van der Waals surface area contributed by atoms with Gasteiger partial charge in [-0.2, -0.15) is 4.98 Å². The van der Waals surface area contributed by atoms with Crippen molar-refractivity contribution >= 4 is 54.8 Å². The molecule has 3 N–H and O–H groups in total. The van der Waals surface area contributed by atoms with Crippen LogP contribution in [0.5, 0.6) is 5.75 Å². The molecule has 2 fully saturated rings. The number of rotatable bonds is 10. The molecule has 3 heterocycles. The maximum atomic E-state index is 13.0. The minimum atomic E-state index is -3.73. The Balaban J connectivity index is 1.31. The van der Waals surface area contributed by atoms with Crippen molar-refractivity contribution in [2.24, 2.45) is 0 Å². The predicted octanol–water partition coefficient (Wildman–Crippen LogP) is 4.64. The van der Waals surface area contributed by atoms with Crippen LogP contribution in [0.4, 0.5) is 28.8 Å². The number of benzene rings is 2. The van der Waals surface area contributed by atoms with Gasteiger partial charge in [-0.1, -0.05) is 12.1 Å². The van der Waals surface area contributed by atoms with Gasteiger partial charge in [0, 0.05) is 63.2 Å². The van der Waals surface area contributed by atoms with Crippen molar-refractivity contribution in [3.05, 3.63) is 53.1 Å². The normalized spacial score (nSPS) is 17.3. The molecule has 232 valence electrons. The molecule has 0 saturated carbocycles. The number of aromatic nitrogens is 2. The number of halogens is 1. The van der Waals surface area contributed by atoms with Gasteiger partial charge in [0.15, 0.2) is 0 Å². The van der Waals surface area contributed by atoms with Gasteiger partial charge in [0.1, 0.15) is 16.5 Å². The molecule has 2 aliphatic heterocycles. The number of ether oxygens (including phenoxy) is 1. The zero-order chi connectivity index (χ0) is 30.6. The molecule has 0 atom stereocenters. The summed E-state index contributed by atoms with van der Waals surface area (Å²) in [6.45, 7) is 10.2. The fourth-order valence-corrected chi connectivity index (χ4v) is 7.31. The number of nitrogens with one attached hydrogen (secondary N) is 3. The molecular formula is C30H41BrN8O3S. The molecule has 0 amide bonds. The van der Waals surface area contributed by atoms with Crippen molar-refractivity contribution in [3.63, 3.8) is 0 Å². The molecule has 0 unspecified atom stereocenters. The van der Waals surface area contributed by atoms with Crippen LogP contribution >= 0.6 is 15.9 Å². The van der Waals surface area contributed by atoms with Gasteiger partial charge in [0.2, 0.25) is 16.0 Å². The lowest BCUT2D eigenvalue weighted by Crippen LogP contribution is -2.52. The van der Waals surface area contributed by atoms with Crippen molar-refractivity contribution in [2.45, 2.75) is 43.7 Å². The van der Waals surface area contributed by atoms with E-state index in [-0.39, 0.29) is 10.9 Å². The molecule has 0 aliphatic carbocycles. The van der Waals surface area contributed by atoms with Crippen LogP contribution in [0.25, 0.3) is 0 Å². The molecule has 2 aliphatic rings. The van der Waals surface area contributed by atoms with Crippen LogP contribution in [0.3, 0.4) is 0 Å². The van der Waals surface area contributed by atoms with E-state index in [0.29, 0.717) is 33.7 Å². The smallest absolute Gasteiger partial charge is 0.242 e. The summed E-state index contributed by atoms with van der Waals surface area (Å²) in [6.07, 6.45) is 3.92. The molecular weight excluding hydrogens is 632 g/mol. The molecule has 2 saturated heterocycles. The molecule has 13 heteroatoms. The van der Waals surface area contributed by atoms with Crippen molar-refractivity contribution in [2.75, 3.05) is 69.0 Å². The highest BCUT2D eigenvalue weighted by molar-refractivity contribution is 9.10. The van der Waals surface area contributed by atoms with E-state index in [1.54, 1.807) is 51.4 Å². The van der Waals surface area contributed by atoms with Gasteiger partial charge >= 0.3 is 0 Å². The van der Waals surface area contributed by atoms with Gasteiger partial charge in [0.25, 0.3) is 0 Å². The zero-order valence-corrected chi connectivity index (χ0v) is 27.6. The third kappa shape index (κ3) is 7.76. The van der Waals surface area contributed by atoms with Crippen LogP contribution in [-0.2, 0) is 10.0 Å². The highest BCUT2D eigenvalue weighted by atomic mass is 79.9. The lowest BCUT2D eigenvalue weighted by Gasteiger charge is -2.42. The van der Waals surface area contributed by atoms with Crippen LogP contribution in [0.1, 0.15) is 26.7 Å². The van der Waals surface area contributed by atoms with Crippen molar-refractivity contribution < 1.29 is 13.2 Å². The number of nitrogens with zero attached hydrogens (tertiary/aromatic N) is 5. The van der Waals surface area contributed by atoms with Crippen molar-refractivity contribution in [1.82, 2.24) is 24.5 Å². The van der Waals surface area contributed by atoms with Gasteiger partial charge in [-0.25, -0.2) is 18.1 Å². The predicted molar refractivity (Wildman–Crippen MR) is 175 cm³/mol. The Labute approximate surface area is 263 Å². The standard InChI is InChI=1S/C30H41BrN8O3S/c1-21(2)36-43(40,41)28-8-6-5-7-25(28)33-29-24(31)20-32-30(35-29)34-26-19-23(9-10-27(26)42-4)38-13-11-22(12-14-38)39-17-15-37(3)16-18-39/h5-10,19-22,36H,11-18H2,1-4H3,(H2,32,33,34,35). The van der Waals surface area contributed by atoms with Crippen LogP contribution in [0.15, 0.2) is 58.0 Å². The summed E-state index contributed by atoms with van der Waals surface area (Å²) in [5.74, 6) is 1.44. The topological polar surface area (TPSA) is 115 Å². The second-order valence-electron chi connectivity index (χ2n) is 11.4. The van der Waals surface area contributed by atoms with Crippen LogP contribution < -0.4 is 25.0 Å². The third-order valence-corrected chi connectivity index (χ3v) is 10.2. The Morgan fingerprint density at radius 1 is 0.977 bits per heavy atom. The number of hydrogen-bond donors (Lipinski definition) is 3. The fourth-order valence-electron chi connectivity index (χ4n) is 5.61. The fraction of sp³-hybridized carbons (Fsp3) is 0.467. The molecule has 11 nitrogen and oxygen atoms in total. The first-order valence-corrected chi connectivity index (χ1v) is 16.9. The lowest BCUT2D eigenvalue weighted by molar-refractivity contribution is 0.0982. The molecule has 2 aromatic carbocycles. The largest absolute Gasteiger partial charge is 0.495 e. The summed E-state index contributed by atoms with van der Waals surface area (Å²) in [5.41, 5.74) is 2.27. The van der Waals surface area contributed by atoms with Crippen LogP contribution in [-0.4, -0.2) is 93.7 Å². The third-order valence-electron chi connectivity index (χ3n) is 7.88. The highest BCUT2D eigenvalue weighted by Gasteiger charge is 2.27. The first kappa shape index (κ1) is 31.5. The van der Waals surface area contributed by atoms with Crippen molar-refractivity contribution in [1.29, 1.82) is 0 Å². The summed E-state index contributed by atoms with van der Waals surface area (Å²) in [5, 5.41) is 6.48. The summed E-state index contributed by atoms with van der Waals surface area (Å²) in [6, 6.07) is 13.3. The number of sulfonamides is 1. The number of likely N-dealkylation sites (N-methyl/N-ethyl adjacent to an activating group) is 1. The molecule has 1 aromatic heterocycles. The Morgan fingerprint density at radius 3 is 2.40 bits per heavy atom. The van der Waals surface area contributed by atoms with Crippen LogP contribution in [0, 0.1) is 0 Å². The van der Waals surface area contributed by atoms with E-state index >= 15 is 0 Å². The van der Waals surface area contributed by atoms with E-state index < -0.39 is 10.0 Å². The van der Waals surface area contributed by atoms with E-state index in [2.05, 4.69) is 75.1 Å². The van der Waals surface area contributed by atoms with Gasteiger partial charge in [-0.15, -0.1) is 0 Å². The van der Waals surface area contributed by atoms with Gasteiger partial charge < -0.3 is 25.2 Å². The highest BCUT2D eigenvalue weighted by Crippen LogP contribution is 2.34. The van der Waals surface area contributed by atoms with Gasteiger partial charge in [-0.05, 0) is 80.0 Å². The Kier molecular flexibility index (Phi) is 10.1. The van der Waals surface area contributed by atoms with E-state index in [1.807, 2.05) is 6.07 Å². The zero-order valence-electron chi connectivity index (χ0n) is 25.2. The Morgan fingerprint density at radius 2 is 1.70 bits per heavy atom. The number of anilines is 5. The SMILES string of the molecule is COc1ccc(N2CCC(N3CCN(C)CC3)CC2)cc1Nc1ncc(Br)c(Nc2ccccc2S(=O)(=O)NC(C)C)n1. The van der Waals surface area contributed by atoms with Crippen LogP contribution in [0.2, 0.25) is 0 Å². The summed E-state index contributed by atoms with van der Waals surface area (Å²) in [7, 11) is 0.106. The monoisotopic (exact) mass is 672 g/mol. The number of methoxy groups -OCH3 is 1. The number of hydrogen-bond acceptors (Lipinski definition) is 10. The second-order valence-corrected chi connectivity index (χ2v) is 13.9. The van der Waals surface area contributed by atoms with Gasteiger partial charge in [0.05, 0.1) is 23.0 Å². The molecule has 0 spiro atoms. The maximum Gasteiger partial charge on any atom is 0.242 e. The maximum absolute atomic E-state index is 13.0. The molecule has 0 bridgehead atoms. The summed E-state index contributed by atoms with van der Waals surface area (Å²) in [4.78, 5) is 16.7. The summed E-state index contributed by atoms with van der Waals surface area (Å²) < 4.78 is 34.8. The van der Waals surface area contributed by atoms with Gasteiger partial charge in [-0.3, -0.25) is 4.90 Å². The van der Waals surface area contributed by atoms with E-state index in [9.17, 15) is 8.42 Å². The Bertz CT molecular complexity index is 1510. The minimum Gasteiger partial charge on any atom is -0.495 e. The van der Waals surface area contributed by atoms with E-state index in [4.69, 9.17) is 4.74 Å². The summed E-state index contributed by atoms with van der Waals surface area (Å²) >= 11 is 3.50. The van der Waals surface area contributed by atoms with E-state index in [1.165, 1.54) is 0 Å². The number of piperidine rings is 1. The average molecular weight is 674 g/mol. The molecule has 3 aromatic rings. The lowest BCUT2D eigenvalue weighted by atomic mass is 10.0. The Hall–Kier alpha value is -2.97.